The largest absolute Gasteiger partial charge is 0.489 e. The van der Waals surface area contributed by atoms with E-state index in [-0.39, 0.29) is 5.54 Å². The summed E-state index contributed by atoms with van der Waals surface area (Å²) in [7, 11) is 1.73. The Bertz CT molecular complexity index is 468. The number of nitrogen functional groups attached to an aromatic ring is 1. The Labute approximate surface area is 156 Å². The van der Waals surface area contributed by atoms with Crippen molar-refractivity contribution in [1.82, 2.24) is 4.90 Å². The molecule has 0 aliphatic carbocycles. The maximum absolute atomic E-state index is 5.99. The minimum absolute atomic E-state index is 0.253. The number of aliphatic imine (C=N–C) groups is 1. The molecule has 0 fully saturated rings. The summed E-state index contributed by atoms with van der Waals surface area (Å²) in [6.07, 6.45) is 3.46. The Hall–Kier alpha value is -1.97. The van der Waals surface area contributed by atoms with Crippen molar-refractivity contribution < 1.29 is 4.74 Å². The van der Waals surface area contributed by atoms with Gasteiger partial charge in [-0.25, -0.2) is 0 Å². The van der Waals surface area contributed by atoms with Gasteiger partial charge in [0, 0.05) is 7.05 Å². The number of benzene rings is 1. The molecule has 1 aromatic carbocycles. The molecular formula is C21H41N3O. The fourth-order valence-corrected chi connectivity index (χ4v) is 1.68. The van der Waals surface area contributed by atoms with Crippen LogP contribution in [0.5, 0.6) is 5.75 Å². The lowest BCUT2D eigenvalue weighted by Gasteiger charge is -2.34. The van der Waals surface area contributed by atoms with E-state index in [2.05, 4.69) is 25.4 Å². The lowest BCUT2D eigenvalue weighted by molar-refractivity contribution is 0.163. The number of nitrogens with two attached hydrogens (primary N) is 1. The molecule has 1 aromatic rings. The van der Waals surface area contributed by atoms with Gasteiger partial charge in [-0.3, -0.25) is 4.99 Å². The Kier molecular flexibility index (Phi) is 18.8. The van der Waals surface area contributed by atoms with Crippen LogP contribution in [0, 0.1) is 6.92 Å². The molecule has 1 rings (SSSR count). The number of nitrogens with zero attached hydrogens (tertiary/aromatic N) is 2. The van der Waals surface area contributed by atoms with Crippen molar-refractivity contribution >= 4 is 12.0 Å². The van der Waals surface area contributed by atoms with Crippen LogP contribution in [0.3, 0.4) is 0 Å². The summed E-state index contributed by atoms with van der Waals surface area (Å²) in [5, 5.41) is 0. The van der Waals surface area contributed by atoms with Crippen molar-refractivity contribution in [3.63, 3.8) is 0 Å². The number of hydrogen-bond acceptors (Lipinski definition) is 3. The third-order valence-electron chi connectivity index (χ3n) is 3.00. The lowest BCUT2D eigenvalue weighted by Crippen LogP contribution is -2.44. The van der Waals surface area contributed by atoms with Crippen LogP contribution in [-0.2, 0) is 0 Å². The van der Waals surface area contributed by atoms with E-state index in [0.29, 0.717) is 18.0 Å². The van der Waals surface area contributed by atoms with Crippen LogP contribution in [0.4, 0.5) is 5.69 Å². The molecule has 0 aliphatic heterocycles. The number of anilines is 1. The second-order valence-electron chi connectivity index (χ2n) is 5.05. The Morgan fingerprint density at radius 1 is 1.16 bits per heavy atom. The van der Waals surface area contributed by atoms with Crippen molar-refractivity contribution in [3.05, 3.63) is 36.5 Å². The summed E-state index contributed by atoms with van der Waals surface area (Å²) < 4.78 is 5.84. The highest BCUT2D eigenvalue weighted by Crippen LogP contribution is 2.26. The van der Waals surface area contributed by atoms with Gasteiger partial charge in [-0.05, 0) is 38.6 Å². The Morgan fingerprint density at radius 3 is 2.12 bits per heavy atom. The fraction of sp³-hybridized carbons (Fsp3) is 0.571. The minimum Gasteiger partial charge on any atom is -0.489 e. The molecule has 0 amide bonds. The summed E-state index contributed by atoms with van der Waals surface area (Å²) in [6.45, 7) is 22.4. The third kappa shape index (κ3) is 10.5. The van der Waals surface area contributed by atoms with E-state index in [1.807, 2.05) is 71.6 Å². The average Bonchev–Trinajstić information content (AvgIpc) is 2.65. The van der Waals surface area contributed by atoms with Gasteiger partial charge >= 0.3 is 0 Å². The smallest absolute Gasteiger partial charge is 0.142 e. The number of ether oxygens (including phenoxy) is 1. The van der Waals surface area contributed by atoms with Gasteiger partial charge in [-0.2, -0.15) is 0 Å². The first-order chi connectivity index (χ1) is 11.9. The molecule has 0 bridgehead atoms. The van der Waals surface area contributed by atoms with E-state index in [0.717, 1.165) is 5.56 Å². The average molecular weight is 352 g/mol. The lowest BCUT2D eigenvalue weighted by atomic mass is 10.1. The Morgan fingerprint density at radius 2 is 1.68 bits per heavy atom. The number of rotatable bonds is 6. The summed E-state index contributed by atoms with van der Waals surface area (Å²) in [5.74, 6) is 0.713. The standard InChI is InChI=1S/C15H23N3O.3C2H6/c1-6-18(11-17-5)15(3,4)10-19-13-9-7-8-12(2)14(13)16;3*1-2/h6-9,11H,1,10,16H2,2-5H3;3*1-2H3. The molecule has 2 N–H and O–H groups in total. The van der Waals surface area contributed by atoms with Crippen LogP contribution in [-0.4, -0.2) is 30.4 Å². The predicted octanol–water partition coefficient (Wildman–Crippen LogP) is 5.92. The van der Waals surface area contributed by atoms with Gasteiger partial charge in [0.2, 0.25) is 0 Å². The van der Waals surface area contributed by atoms with E-state index in [4.69, 9.17) is 10.5 Å². The van der Waals surface area contributed by atoms with E-state index >= 15 is 0 Å². The predicted molar refractivity (Wildman–Crippen MR) is 116 cm³/mol. The molecule has 0 atom stereocenters. The fourth-order valence-electron chi connectivity index (χ4n) is 1.68. The van der Waals surface area contributed by atoms with E-state index < -0.39 is 0 Å². The number of hydrogen-bond donors (Lipinski definition) is 1. The van der Waals surface area contributed by atoms with E-state index in [1.165, 1.54) is 0 Å². The molecule has 0 spiro atoms. The van der Waals surface area contributed by atoms with E-state index in [9.17, 15) is 0 Å². The molecule has 0 aromatic heterocycles. The van der Waals surface area contributed by atoms with Crippen LogP contribution in [0.1, 0.15) is 61.0 Å². The van der Waals surface area contributed by atoms with Crippen molar-refractivity contribution in [2.24, 2.45) is 4.99 Å². The summed E-state index contributed by atoms with van der Waals surface area (Å²) in [5.41, 5.74) is 7.45. The molecule has 0 unspecified atom stereocenters. The quantitative estimate of drug-likeness (QED) is 0.393. The number of aryl methyl sites for hydroxylation is 1. The second-order valence-corrected chi connectivity index (χ2v) is 5.05. The maximum atomic E-state index is 5.99. The Balaban J connectivity index is -0.000000725. The van der Waals surface area contributed by atoms with Gasteiger partial charge in [0.05, 0.1) is 17.6 Å². The second kappa shape index (κ2) is 16.9. The third-order valence-corrected chi connectivity index (χ3v) is 3.00. The van der Waals surface area contributed by atoms with Crippen molar-refractivity contribution in [3.8, 4) is 5.75 Å². The van der Waals surface area contributed by atoms with Crippen molar-refractivity contribution in [1.29, 1.82) is 0 Å². The van der Waals surface area contributed by atoms with Crippen LogP contribution >= 0.6 is 0 Å². The first-order valence-electron chi connectivity index (χ1n) is 9.23. The van der Waals surface area contributed by atoms with Crippen LogP contribution < -0.4 is 10.5 Å². The molecule has 4 nitrogen and oxygen atoms in total. The summed E-state index contributed by atoms with van der Waals surface area (Å²) in [4.78, 5) is 5.92. The molecule has 146 valence electrons. The van der Waals surface area contributed by atoms with Crippen molar-refractivity contribution in [2.75, 3.05) is 19.4 Å². The van der Waals surface area contributed by atoms with Gasteiger partial charge in [0.15, 0.2) is 0 Å². The summed E-state index contributed by atoms with van der Waals surface area (Å²) >= 11 is 0. The molecular weight excluding hydrogens is 310 g/mol. The first-order valence-corrected chi connectivity index (χ1v) is 9.23. The maximum Gasteiger partial charge on any atom is 0.142 e. The highest BCUT2D eigenvalue weighted by molar-refractivity contribution is 5.58. The molecule has 0 aliphatic rings. The highest BCUT2D eigenvalue weighted by atomic mass is 16.5. The molecule has 0 heterocycles. The van der Waals surface area contributed by atoms with Gasteiger partial charge in [0.25, 0.3) is 0 Å². The SMILES string of the molecule is C=CN(C=NC)C(C)(C)COc1cccc(C)c1N.CC.CC.CC. The number of para-hydroxylation sites is 1. The minimum atomic E-state index is -0.253. The zero-order chi connectivity index (χ0) is 20.5. The molecule has 25 heavy (non-hydrogen) atoms. The van der Waals surface area contributed by atoms with E-state index in [1.54, 1.807) is 19.6 Å². The van der Waals surface area contributed by atoms with Crippen LogP contribution in [0.25, 0.3) is 0 Å². The first kappa shape index (κ1) is 27.9. The molecule has 0 saturated carbocycles. The van der Waals surface area contributed by atoms with Gasteiger partial charge in [-0.15, -0.1) is 0 Å². The highest BCUT2D eigenvalue weighted by Gasteiger charge is 2.24. The van der Waals surface area contributed by atoms with Gasteiger partial charge < -0.3 is 15.4 Å². The van der Waals surface area contributed by atoms with Crippen molar-refractivity contribution in [2.45, 2.75) is 67.9 Å². The molecule has 0 radical (unpaired) electrons. The summed E-state index contributed by atoms with van der Waals surface area (Å²) in [6, 6.07) is 5.78. The van der Waals surface area contributed by atoms with Gasteiger partial charge in [0.1, 0.15) is 12.4 Å². The monoisotopic (exact) mass is 351 g/mol. The normalized spacial score (nSPS) is 9.52. The molecule has 4 heteroatoms. The molecule has 0 saturated heterocycles. The zero-order valence-corrected chi connectivity index (χ0v) is 18.2. The topological polar surface area (TPSA) is 50.8 Å². The zero-order valence-electron chi connectivity index (χ0n) is 18.2. The van der Waals surface area contributed by atoms with Crippen LogP contribution in [0.15, 0.2) is 36.0 Å². The van der Waals surface area contributed by atoms with Crippen LogP contribution in [0.2, 0.25) is 0 Å². The van der Waals surface area contributed by atoms with Gasteiger partial charge in [-0.1, -0.05) is 60.3 Å².